The van der Waals surface area contributed by atoms with Crippen LogP contribution >= 0.6 is 11.6 Å². The van der Waals surface area contributed by atoms with E-state index in [4.69, 9.17) is 11.6 Å². The molecule has 8 heteroatoms. The number of H-pyrrole nitrogens is 1. The number of halogens is 1. The molecule has 1 aliphatic carbocycles. The number of aromatic amines is 1. The SMILES string of the molecule is O=C(CN(C(=O)c1ccc2c(Cl)c[nH]c2c1)c1ccccn1)NCC1CCN(C2CCCC2)CC1. The molecule has 0 radical (unpaired) electrons. The lowest BCUT2D eigenvalue weighted by molar-refractivity contribution is -0.120. The van der Waals surface area contributed by atoms with Gasteiger partial charge in [0, 0.05) is 41.4 Å². The molecule has 0 bridgehead atoms. The number of hydrogen-bond acceptors (Lipinski definition) is 4. The fraction of sp³-hybridized carbons (Fsp3) is 0.444. The predicted molar refractivity (Wildman–Crippen MR) is 139 cm³/mol. The van der Waals surface area contributed by atoms with E-state index in [2.05, 4.69) is 20.2 Å². The average Bonchev–Trinajstić information content (AvgIpc) is 3.57. The standard InChI is InChI=1S/C27H32ClN5O2/c28-23-17-30-24-15-20(8-9-22(23)24)27(35)33(25-7-3-4-12-29-25)18-26(34)31-16-19-10-13-32(14-11-19)21-5-1-2-6-21/h3-4,7-9,12,15,17,19,21,30H,1-2,5-6,10-11,13-14,16,18H2,(H,31,34). The highest BCUT2D eigenvalue weighted by atomic mass is 35.5. The molecule has 2 N–H and O–H groups in total. The first kappa shape index (κ1) is 23.8. The van der Waals surface area contributed by atoms with Crippen LogP contribution in [0.3, 0.4) is 0 Å². The molecular weight excluding hydrogens is 462 g/mol. The lowest BCUT2D eigenvalue weighted by atomic mass is 9.95. The third-order valence-electron chi connectivity index (χ3n) is 7.43. The lowest BCUT2D eigenvalue weighted by Gasteiger charge is -2.36. The summed E-state index contributed by atoms with van der Waals surface area (Å²) in [6, 6.07) is 11.4. The van der Waals surface area contributed by atoms with Crippen molar-refractivity contribution in [3.05, 3.63) is 59.4 Å². The zero-order chi connectivity index (χ0) is 24.2. The number of pyridine rings is 1. The molecule has 3 aromatic rings. The van der Waals surface area contributed by atoms with Crippen LogP contribution in [0.2, 0.25) is 5.02 Å². The van der Waals surface area contributed by atoms with E-state index >= 15 is 0 Å². The number of anilines is 1. The van der Waals surface area contributed by atoms with Crippen molar-refractivity contribution in [1.82, 2.24) is 20.2 Å². The van der Waals surface area contributed by atoms with Gasteiger partial charge >= 0.3 is 0 Å². The van der Waals surface area contributed by atoms with Gasteiger partial charge in [-0.25, -0.2) is 4.98 Å². The highest BCUT2D eigenvalue weighted by molar-refractivity contribution is 6.35. The second-order valence-corrected chi connectivity index (χ2v) is 10.1. The van der Waals surface area contributed by atoms with Crippen LogP contribution in [0, 0.1) is 5.92 Å². The Hall–Kier alpha value is -2.90. The second-order valence-electron chi connectivity index (χ2n) is 9.70. The second kappa shape index (κ2) is 10.8. The van der Waals surface area contributed by atoms with Crippen LogP contribution < -0.4 is 10.2 Å². The molecule has 3 heterocycles. The van der Waals surface area contributed by atoms with E-state index < -0.39 is 0 Å². The minimum Gasteiger partial charge on any atom is -0.360 e. The zero-order valence-electron chi connectivity index (χ0n) is 19.9. The molecule has 1 saturated heterocycles. The Labute approximate surface area is 210 Å². The van der Waals surface area contributed by atoms with E-state index in [1.54, 1.807) is 36.7 Å². The van der Waals surface area contributed by atoms with Crippen LogP contribution in [0.5, 0.6) is 0 Å². The fourth-order valence-electron chi connectivity index (χ4n) is 5.40. The summed E-state index contributed by atoms with van der Waals surface area (Å²) in [6.45, 7) is 2.80. The Bertz CT molecular complexity index is 1170. The van der Waals surface area contributed by atoms with Gasteiger partial charge in [-0.1, -0.05) is 36.6 Å². The summed E-state index contributed by atoms with van der Waals surface area (Å²) in [5.74, 6) is 0.473. The number of hydrogen-bond donors (Lipinski definition) is 2. The maximum absolute atomic E-state index is 13.5. The molecule has 0 unspecified atom stereocenters. The number of likely N-dealkylation sites (tertiary alicyclic amines) is 1. The first-order chi connectivity index (χ1) is 17.1. The summed E-state index contributed by atoms with van der Waals surface area (Å²) in [5.41, 5.74) is 1.24. The highest BCUT2D eigenvalue weighted by Gasteiger charge is 2.28. The molecule has 0 atom stereocenters. The van der Waals surface area contributed by atoms with E-state index in [1.165, 1.54) is 30.6 Å². The van der Waals surface area contributed by atoms with E-state index in [1.807, 2.05) is 12.1 Å². The lowest BCUT2D eigenvalue weighted by Crippen LogP contribution is -2.45. The Kier molecular flexibility index (Phi) is 7.35. The number of carbonyl (C=O) groups is 2. The Morgan fingerprint density at radius 1 is 1.11 bits per heavy atom. The molecule has 2 amide bonds. The van der Waals surface area contributed by atoms with Crippen molar-refractivity contribution in [3.63, 3.8) is 0 Å². The molecule has 7 nitrogen and oxygen atoms in total. The number of benzene rings is 1. The van der Waals surface area contributed by atoms with Gasteiger partial charge in [0.1, 0.15) is 12.4 Å². The normalized spacial score (nSPS) is 17.6. The van der Waals surface area contributed by atoms with E-state index in [0.29, 0.717) is 28.9 Å². The first-order valence-corrected chi connectivity index (χ1v) is 13.0. The minimum absolute atomic E-state index is 0.0831. The van der Waals surface area contributed by atoms with E-state index in [0.717, 1.165) is 42.9 Å². The van der Waals surface area contributed by atoms with Gasteiger partial charge in [-0.3, -0.25) is 14.5 Å². The van der Waals surface area contributed by atoms with Crippen molar-refractivity contribution in [2.75, 3.05) is 31.1 Å². The highest BCUT2D eigenvalue weighted by Crippen LogP contribution is 2.28. The molecular formula is C27H32ClN5O2. The van der Waals surface area contributed by atoms with Crippen molar-refractivity contribution < 1.29 is 9.59 Å². The number of rotatable bonds is 7. The Balaban J connectivity index is 1.21. The average molecular weight is 494 g/mol. The monoisotopic (exact) mass is 493 g/mol. The van der Waals surface area contributed by atoms with E-state index in [9.17, 15) is 9.59 Å². The van der Waals surface area contributed by atoms with Crippen molar-refractivity contribution in [2.24, 2.45) is 5.92 Å². The smallest absolute Gasteiger partial charge is 0.259 e. The summed E-state index contributed by atoms with van der Waals surface area (Å²) in [5, 5.41) is 4.53. The number of carbonyl (C=O) groups excluding carboxylic acids is 2. The summed E-state index contributed by atoms with van der Waals surface area (Å²) < 4.78 is 0. The van der Waals surface area contributed by atoms with Gasteiger partial charge in [0.25, 0.3) is 5.91 Å². The minimum atomic E-state index is -0.281. The number of nitrogens with one attached hydrogen (secondary N) is 2. The van der Waals surface area contributed by atoms with Crippen LogP contribution in [-0.2, 0) is 4.79 Å². The zero-order valence-corrected chi connectivity index (χ0v) is 20.6. The van der Waals surface area contributed by atoms with Gasteiger partial charge in [0.2, 0.25) is 5.91 Å². The third kappa shape index (κ3) is 5.52. The number of piperidine rings is 1. The van der Waals surface area contributed by atoms with Crippen molar-refractivity contribution in [3.8, 4) is 0 Å². The summed E-state index contributed by atoms with van der Waals surface area (Å²) in [6.07, 6.45) is 10.9. The quantitative estimate of drug-likeness (QED) is 0.502. The maximum atomic E-state index is 13.5. The molecule has 2 aliphatic rings. The number of fused-ring (bicyclic) bond motifs is 1. The molecule has 1 aromatic carbocycles. The van der Waals surface area contributed by atoms with Crippen LogP contribution in [0.1, 0.15) is 48.9 Å². The predicted octanol–water partition coefficient (Wildman–Crippen LogP) is 4.63. The molecule has 2 fully saturated rings. The molecule has 2 aromatic heterocycles. The van der Waals surface area contributed by atoms with Crippen molar-refractivity contribution in [2.45, 2.75) is 44.6 Å². The first-order valence-electron chi connectivity index (χ1n) is 12.6. The van der Waals surface area contributed by atoms with Gasteiger partial charge in [-0.15, -0.1) is 0 Å². The molecule has 5 rings (SSSR count). The molecule has 0 spiro atoms. The van der Waals surface area contributed by atoms with Crippen LogP contribution in [0.25, 0.3) is 10.9 Å². The summed E-state index contributed by atoms with van der Waals surface area (Å²) >= 11 is 6.18. The van der Waals surface area contributed by atoms with Gasteiger partial charge in [0.05, 0.1) is 5.02 Å². The van der Waals surface area contributed by atoms with Gasteiger partial charge in [0.15, 0.2) is 0 Å². The maximum Gasteiger partial charge on any atom is 0.259 e. The summed E-state index contributed by atoms with van der Waals surface area (Å²) in [7, 11) is 0. The number of nitrogens with zero attached hydrogens (tertiary/aromatic N) is 3. The molecule has 1 saturated carbocycles. The van der Waals surface area contributed by atoms with Crippen LogP contribution in [0.4, 0.5) is 5.82 Å². The van der Waals surface area contributed by atoms with Crippen LogP contribution in [0.15, 0.2) is 48.8 Å². The summed E-state index contributed by atoms with van der Waals surface area (Å²) in [4.78, 5) is 37.9. The van der Waals surface area contributed by atoms with Gasteiger partial charge in [-0.05, 0) is 69.0 Å². The molecule has 35 heavy (non-hydrogen) atoms. The largest absolute Gasteiger partial charge is 0.360 e. The number of amides is 2. The fourth-order valence-corrected chi connectivity index (χ4v) is 5.62. The number of aromatic nitrogens is 2. The Morgan fingerprint density at radius 3 is 2.66 bits per heavy atom. The van der Waals surface area contributed by atoms with Crippen molar-refractivity contribution in [1.29, 1.82) is 0 Å². The van der Waals surface area contributed by atoms with E-state index in [-0.39, 0.29) is 18.4 Å². The van der Waals surface area contributed by atoms with Gasteiger partial charge < -0.3 is 15.2 Å². The third-order valence-corrected chi connectivity index (χ3v) is 7.74. The van der Waals surface area contributed by atoms with Crippen molar-refractivity contribution >= 4 is 40.1 Å². The molecule has 1 aliphatic heterocycles. The Morgan fingerprint density at radius 2 is 1.91 bits per heavy atom. The van der Waals surface area contributed by atoms with Crippen LogP contribution in [-0.4, -0.2) is 58.9 Å². The molecule has 184 valence electrons. The van der Waals surface area contributed by atoms with Gasteiger partial charge in [-0.2, -0.15) is 0 Å². The topological polar surface area (TPSA) is 81.3 Å².